The summed E-state index contributed by atoms with van der Waals surface area (Å²) in [5, 5.41) is 2.66. The summed E-state index contributed by atoms with van der Waals surface area (Å²) in [5.74, 6) is 0.0120. The van der Waals surface area contributed by atoms with E-state index in [0.29, 0.717) is 12.2 Å². The maximum atomic E-state index is 13.3. The van der Waals surface area contributed by atoms with Gasteiger partial charge < -0.3 is 9.80 Å². The van der Waals surface area contributed by atoms with E-state index in [1.807, 2.05) is 59.4 Å². The fourth-order valence-corrected chi connectivity index (χ4v) is 5.19. The van der Waals surface area contributed by atoms with Gasteiger partial charge in [-0.1, -0.05) is 30.3 Å². The van der Waals surface area contributed by atoms with E-state index < -0.39 is 5.54 Å². The first-order chi connectivity index (χ1) is 13.0. The highest BCUT2D eigenvalue weighted by molar-refractivity contribution is 7.13. The van der Waals surface area contributed by atoms with E-state index in [9.17, 15) is 9.59 Å². The third-order valence-corrected chi connectivity index (χ3v) is 6.64. The van der Waals surface area contributed by atoms with Gasteiger partial charge in [-0.15, -0.1) is 11.3 Å². The van der Waals surface area contributed by atoms with Crippen LogP contribution in [0.2, 0.25) is 0 Å². The Bertz CT molecular complexity index is 848. The minimum absolute atomic E-state index is 0.107. The van der Waals surface area contributed by atoms with Gasteiger partial charge in [0.25, 0.3) is 5.91 Å². The number of piperidine rings is 1. The number of nitrogens with zero attached hydrogens (tertiary/aromatic N) is 3. The summed E-state index contributed by atoms with van der Waals surface area (Å²) in [7, 11) is 0. The standard InChI is InChI=1S/C21H25N3O2S/c1-15(2)23-12-6-10-21(20(23)26)11-7-13-24(21)19(25)17-14-27-18(22-17)16-8-4-3-5-9-16/h3-5,8-9,14-15H,6-7,10-13H2,1-2H3. The van der Waals surface area contributed by atoms with Gasteiger partial charge in [-0.2, -0.15) is 0 Å². The van der Waals surface area contributed by atoms with Gasteiger partial charge in [-0.05, 0) is 39.5 Å². The molecule has 1 unspecified atom stereocenters. The van der Waals surface area contributed by atoms with Crippen LogP contribution in [0.1, 0.15) is 50.0 Å². The highest BCUT2D eigenvalue weighted by Gasteiger charge is 2.53. The van der Waals surface area contributed by atoms with Crippen molar-refractivity contribution in [1.82, 2.24) is 14.8 Å². The molecule has 2 aliphatic rings. The van der Waals surface area contributed by atoms with Crippen LogP contribution < -0.4 is 0 Å². The molecule has 0 N–H and O–H groups in total. The average Bonchev–Trinajstić information content (AvgIpc) is 3.32. The van der Waals surface area contributed by atoms with Gasteiger partial charge >= 0.3 is 0 Å². The molecule has 2 aromatic rings. The van der Waals surface area contributed by atoms with Crippen LogP contribution in [0.25, 0.3) is 10.6 Å². The molecule has 2 aliphatic heterocycles. The zero-order valence-electron chi connectivity index (χ0n) is 15.9. The van der Waals surface area contributed by atoms with Crippen molar-refractivity contribution in [2.24, 2.45) is 0 Å². The monoisotopic (exact) mass is 383 g/mol. The summed E-state index contributed by atoms with van der Waals surface area (Å²) < 4.78 is 0. The van der Waals surface area contributed by atoms with Crippen molar-refractivity contribution in [1.29, 1.82) is 0 Å². The predicted molar refractivity (Wildman–Crippen MR) is 107 cm³/mol. The van der Waals surface area contributed by atoms with E-state index >= 15 is 0 Å². The van der Waals surface area contributed by atoms with Gasteiger partial charge in [-0.25, -0.2) is 4.98 Å². The second kappa shape index (κ2) is 7.08. The Morgan fingerprint density at radius 3 is 2.56 bits per heavy atom. The summed E-state index contributed by atoms with van der Waals surface area (Å²) in [6.45, 7) is 5.51. The summed E-state index contributed by atoms with van der Waals surface area (Å²) in [4.78, 5) is 34.9. The van der Waals surface area contributed by atoms with Crippen molar-refractivity contribution < 1.29 is 9.59 Å². The molecule has 1 spiro atoms. The van der Waals surface area contributed by atoms with Crippen LogP contribution in [-0.2, 0) is 4.79 Å². The Labute approximate surface area is 164 Å². The van der Waals surface area contributed by atoms with Crippen molar-refractivity contribution in [2.45, 2.75) is 51.1 Å². The second-order valence-electron chi connectivity index (χ2n) is 7.69. The first-order valence-electron chi connectivity index (χ1n) is 9.67. The molecule has 1 aromatic heterocycles. The van der Waals surface area contributed by atoms with E-state index in [2.05, 4.69) is 4.98 Å². The van der Waals surface area contributed by atoms with Gasteiger partial charge in [0.1, 0.15) is 16.2 Å². The third-order valence-electron chi connectivity index (χ3n) is 5.75. The number of thiazole rings is 1. The zero-order chi connectivity index (χ0) is 19.0. The first kappa shape index (κ1) is 18.2. The number of hydrogen-bond acceptors (Lipinski definition) is 4. The molecule has 0 saturated carbocycles. The quantitative estimate of drug-likeness (QED) is 0.810. The van der Waals surface area contributed by atoms with Crippen LogP contribution in [0.5, 0.6) is 0 Å². The summed E-state index contributed by atoms with van der Waals surface area (Å²) in [6.07, 6.45) is 3.34. The van der Waals surface area contributed by atoms with E-state index in [4.69, 9.17) is 0 Å². The number of carbonyl (C=O) groups is 2. The molecule has 1 atom stereocenters. The lowest BCUT2D eigenvalue weighted by Gasteiger charge is -2.45. The number of amides is 2. The van der Waals surface area contributed by atoms with Crippen molar-refractivity contribution in [3.8, 4) is 10.6 Å². The maximum Gasteiger partial charge on any atom is 0.274 e. The molecule has 2 fully saturated rings. The van der Waals surface area contributed by atoms with Crippen molar-refractivity contribution in [2.75, 3.05) is 13.1 Å². The number of carbonyl (C=O) groups excluding carboxylic acids is 2. The molecule has 27 heavy (non-hydrogen) atoms. The maximum absolute atomic E-state index is 13.3. The minimum Gasteiger partial charge on any atom is -0.338 e. The lowest BCUT2D eigenvalue weighted by Crippen LogP contribution is -2.62. The lowest BCUT2D eigenvalue weighted by molar-refractivity contribution is -0.147. The van der Waals surface area contributed by atoms with Crippen molar-refractivity contribution in [3.63, 3.8) is 0 Å². The molecule has 1 aromatic carbocycles. The highest BCUT2D eigenvalue weighted by Crippen LogP contribution is 2.40. The van der Waals surface area contributed by atoms with E-state index in [1.165, 1.54) is 11.3 Å². The van der Waals surface area contributed by atoms with Gasteiger partial charge in [0.05, 0.1) is 0 Å². The molecule has 2 amide bonds. The number of rotatable bonds is 3. The molecule has 2 saturated heterocycles. The van der Waals surface area contributed by atoms with E-state index in [0.717, 1.165) is 42.8 Å². The first-order valence-corrected chi connectivity index (χ1v) is 10.5. The van der Waals surface area contributed by atoms with Crippen molar-refractivity contribution >= 4 is 23.2 Å². The van der Waals surface area contributed by atoms with Crippen LogP contribution >= 0.6 is 11.3 Å². The van der Waals surface area contributed by atoms with E-state index in [1.54, 1.807) is 0 Å². The SMILES string of the molecule is CC(C)N1CCCC2(CCCN2C(=O)c2csc(-c3ccccc3)n2)C1=O. The largest absolute Gasteiger partial charge is 0.338 e. The summed E-state index contributed by atoms with van der Waals surface area (Å²) in [5.41, 5.74) is 0.794. The smallest absolute Gasteiger partial charge is 0.274 e. The minimum atomic E-state index is -0.671. The Balaban J connectivity index is 1.62. The Kier molecular flexibility index (Phi) is 4.76. The van der Waals surface area contributed by atoms with Crippen LogP contribution in [0.4, 0.5) is 0 Å². The van der Waals surface area contributed by atoms with Crippen LogP contribution in [-0.4, -0.2) is 51.3 Å². The highest BCUT2D eigenvalue weighted by atomic mass is 32.1. The molecule has 3 heterocycles. The molecule has 0 radical (unpaired) electrons. The van der Waals surface area contributed by atoms with Gasteiger partial charge in [0.15, 0.2) is 0 Å². The molecule has 4 rings (SSSR count). The van der Waals surface area contributed by atoms with Gasteiger partial charge in [-0.3, -0.25) is 9.59 Å². The molecule has 0 aliphatic carbocycles. The fraction of sp³-hybridized carbons (Fsp3) is 0.476. The summed E-state index contributed by atoms with van der Waals surface area (Å²) >= 11 is 1.48. The molecule has 0 bridgehead atoms. The number of likely N-dealkylation sites (tertiary alicyclic amines) is 2. The predicted octanol–water partition coefficient (Wildman–Crippen LogP) is 3.82. The van der Waals surface area contributed by atoms with Crippen LogP contribution in [0.15, 0.2) is 35.7 Å². The third kappa shape index (κ3) is 3.06. The lowest BCUT2D eigenvalue weighted by atomic mass is 9.84. The van der Waals surface area contributed by atoms with Gasteiger partial charge in [0.2, 0.25) is 5.91 Å². The molecule has 5 nitrogen and oxygen atoms in total. The van der Waals surface area contributed by atoms with Gasteiger partial charge in [0, 0.05) is 30.1 Å². The molecular formula is C21H25N3O2S. The molecule has 6 heteroatoms. The molecule has 142 valence electrons. The molecular weight excluding hydrogens is 358 g/mol. The number of aromatic nitrogens is 1. The van der Waals surface area contributed by atoms with Crippen LogP contribution in [0, 0.1) is 0 Å². The number of benzene rings is 1. The number of hydrogen-bond donors (Lipinski definition) is 0. The van der Waals surface area contributed by atoms with Crippen LogP contribution in [0.3, 0.4) is 0 Å². The van der Waals surface area contributed by atoms with E-state index in [-0.39, 0.29) is 17.9 Å². The Morgan fingerprint density at radius 2 is 1.85 bits per heavy atom. The topological polar surface area (TPSA) is 53.5 Å². The zero-order valence-corrected chi connectivity index (χ0v) is 16.7. The second-order valence-corrected chi connectivity index (χ2v) is 8.55. The average molecular weight is 384 g/mol. The normalized spacial score (nSPS) is 22.9. The van der Waals surface area contributed by atoms with Crippen molar-refractivity contribution in [3.05, 3.63) is 41.4 Å². The Morgan fingerprint density at radius 1 is 1.15 bits per heavy atom. The Hall–Kier alpha value is -2.21. The fourth-order valence-electron chi connectivity index (χ4n) is 4.39. The summed E-state index contributed by atoms with van der Waals surface area (Å²) in [6, 6.07) is 10.1.